The van der Waals surface area contributed by atoms with E-state index in [1.165, 1.54) is 17.2 Å². The van der Waals surface area contributed by atoms with Crippen LogP contribution in [0.5, 0.6) is 0 Å². The van der Waals surface area contributed by atoms with Crippen molar-refractivity contribution in [1.82, 2.24) is 25.2 Å². The van der Waals surface area contributed by atoms with E-state index < -0.39 is 17.5 Å². The van der Waals surface area contributed by atoms with E-state index in [9.17, 15) is 18.0 Å². The van der Waals surface area contributed by atoms with E-state index in [1.54, 1.807) is 14.1 Å². The lowest BCUT2D eigenvalue weighted by Crippen LogP contribution is -2.45. The van der Waals surface area contributed by atoms with E-state index in [0.717, 1.165) is 31.5 Å². The second-order valence-electron chi connectivity index (χ2n) is 7.95. The minimum Gasteiger partial charge on any atom is -0.365 e. The average Bonchev–Trinajstić information content (AvgIpc) is 3.13. The third kappa shape index (κ3) is 4.42. The topological polar surface area (TPSA) is 85.9 Å². The maximum atomic E-state index is 14.6. The second kappa shape index (κ2) is 8.44. The van der Waals surface area contributed by atoms with Gasteiger partial charge in [-0.1, -0.05) is 0 Å². The zero-order valence-electron chi connectivity index (χ0n) is 17.2. The number of H-pyrrole nitrogens is 1. The van der Waals surface area contributed by atoms with Gasteiger partial charge in [-0.3, -0.25) is 0 Å². The number of hydrogen-bond acceptors (Lipinski definition) is 4. The number of aromatic amines is 1. The molecule has 3 aromatic heterocycles. The van der Waals surface area contributed by atoms with E-state index in [1.807, 2.05) is 0 Å². The number of halogens is 3. The molecular weight excluding hydrogens is 409 g/mol. The first-order valence-electron chi connectivity index (χ1n) is 10.0. The predicted molar refractivity (Wildman–Crippen MR) is 111 cm³/mol. The molecule has 1 unspecified atom stereocenters. The first kappa shape index (κ1) is 21.0. The molecule has 1 aliphatic rings. The van der Waals surface area contributed by atoms with Gasteiger partial charge in [0, 0.05) is 49.4 Å². The summed E-state index contributed by atoms with van der Waals surface area (Å²) in [6.45, 7) is 0. The molecule has 0 bridgehead atoms. The lowest BCUT2D eigenvalue weighted by molar-refractivity contribution is 0.208. The van der Waals surface area contributed by atoms with E-state index in [4.69, 9.17) is 0 Å². The number of anilines is 1. The fourth-order valence-electron chi connectivity index (χ4n) is 3.88. The van der Waals surface area contributed by atoms with Crippen molar-refractivity contribution in [3.63, 3.8) is 0 Å². The zero-order chi connectivity index (χ0) is 22.1. The van der Waals surface area contributed by atoms with Crippen LogP contribution in [0.2, 0.25) is 0 Å². The Bertz CT molecular complexity index is 1120. The lowest BCUT2D eigenvalue weighted by Gasteiger charge is -2.31. The van der Waals surface area contributed by atoms with E-state index in [0.29, 0.717) is 23.0 Å². The van der Waals surface area contributed by atoms with Crippen LogP contribution in [-0.2, 0) is 0 Å². The van der Waals surface area contributed by atoms with Gasteiger partial charge in [0.1, 0.15) is 17.2 Å². The molecule has 1 saturated carbocycles. The molecule has 3 aromatic rings. The summed E-state index contributed by atoms with van der Waals surface area (Å²) in [4.78, 5) is 24.3. The number of aromatic nitrogens is 3. The van der Waals surface area contributed by atoms with Crippen LogP contribution >= 0.6 is 0 Å². The number of carbonyl (C=O) groups is 1. The van der Waals surface area contributed by atoms with Crippen LogP contribution < -0.4 is 10.6 Å². The van der Waals surface area contributed by atoms with Gasteiger partial charge in [-0.25, -0.2) is 27.9 Å². The standard InChI is InChI=1S/C21H23F3N6O/c1-30(2)21(31)28-13-5-3-4-12(7-13)27-20-17(24)8-16(23)18(29-20)15-10-26-19-14(15)6-11(22)9-25-19/h6,8-10,12-13H,3-5,7H2,1-2H3,(H,25,26)(H,27,29)(H,28,31)/t12?,13-/m1/s1. The summed E-state index contributed by atoms with van der Waals surface area (Å²) in [6, 6.07) is 1.63. The molecule has 10 heteroatoms. The Labute approximate surface area is 177 Å². The number of hydrogen-bond donors (Lipinski definition) is 3. The molecule has 0 spiro atoms. The number of carbonyl (C=O) groups excluding carboxylic acids is 1. The summed E-state index contributed by atoms with van der Waals surface area (Å²) in [5.74, 6) is -2.32. The number of nitrogens with one attached hydrogen (secondary N) is 3. The van der Waals surface area contributed by atoms with Gasteiger partial charge in [0.15, 0.2) is 17.5 Å². The number of pyridine rings is 2. The largest absolute Gasteiger partial charge is 0.365 e. The smallest absolute Gasteiger partial charge is 0.317 e. The van der Waals surface area contributed by atoms with Gasteiger partial charge >= 0.3 is 6.03 Å². The van der Waals surface area contributed by atoms with Gasteiger partial charge < -0.3 is 20.5 Å². The van der Waals surface area contributed by atoms with Crippen molar-refractivity contribution in [2.45, 2.75) is 37.8 Å². The van der Waals surface area contributed by atoms with E-state index >= 15 is 0 Å². The minimum absolute atomic E-state index is 0.0493. The third-order valence-corrected chi connectivity index (χ3v) is 5.43. The molecule has 31 heavy (non-hydrogen) atoms. The summed E-state index contributed by atoms with van der Waals surface area (Å²) in [7, 11) is 3.33. The summed E-state index contributed by atoms with van der Waals surface area (Å²) in [5, 5.41) is 6.35. The summed E-state index contributed by atoms with van der Waals surface area (Å²) < 4.78 is 42.7. The summed E-state index contributed by atoms with van der Waals surface area (Å²) >= 11 is 0. The van der Waals surface area contributed by atoms with Crippen molar-refractivity contribution in [3.8, 4) is 11.3 Å². The number of rotatable bonds is 4. The Kier molecular flexibility index (Phi) is 5.71. The predicted octanol–water partition coefficient (Wildman–Crippen LogP) is 4.04. The van der Waals surface area contributed by atoms with Crippen LogP contribution in [0.15, 0.2) is 24.5 Å². The Morgan fingerprint density at radius 2 is 1.94 bits per heavy atom. The second-order valence-corrected chi connectivity index (χ2v) is 7.95. The van der Waals surface area contributed by atoms with Gasteiger partial charge in [0.05, 0.1) is 6.20 Å². The fraction of sp³-hybridized carbons (Fsp3) is 0.381. The number of nitrogens with zero attached hydrogens (tertiary/aromatic N) is 3. The average molecular weight is 432 g/mol. The maximum absolute atomic E-state index is 14.6. The molecule has 0 saturated heterocycles. The van der Waals surface area contributed by atoms with Crippen molar-refractivity contribution in [3.05, 3.63) is 42.0 Å². The van der Waals surface area contributed by atoms with E-state index in [-0.39, 0.29) is 29.6 Å². The van der Waals surface area contributed by atoms with Crippen molar-refractivity contribution >= 4 is 22.9 Å². The van der Waals surface area contributed by atoms with Gasteiger partial charge in [-0.05, 0) is 31.7 Å². The number of amides is 2. The Hall–Kier alpha value is -3.30. The highest BCUT2D eigenvalue weighted by Gasteiger charge is 2.26. The highest BCUT2D eigenvalue weighted by atomic mass is 19.1. The molecule has 164 valence electrons. The minimum atomic E-state index is -0.854. The monoisotopic (exact) mass is 432 g/mol. The molecule has 1 fully saturated rings. The number of fused-ring (bicyclic) bond motifs is 1. The maximum Gasteiger partial charge on any atom is 0.317 e. The zero-order valence-corrected chi connectivity index (χ0v) is 17.2. The van der Waals surface area contributed by atoms with Crippen molar-refractivity contribution in [2.24, 2.45) is 0 Å². The van der Waals surface area contributed by atoms with Crippen LogP contribution in [0, 0.1) is 17.5 Å². The van der Waals surface area contributed by atoms with Crippen LogP contribution in [0.1, 0.15) is 25.7 Å². The van der Waals surface area contributed by atoms with Gasteiger partial charge in [0.2, 0.25) is 0 Å². The quantitative estimate of drug-likeness (QED) is 0.581. The number of urea groups is 1. The lowest BCUT2D eigenvalue weighted by atomic mass is 9.91. The van der Waals surface area contributed by atoms with E-state index in [2.05, 4.69) is 25.6 Å². The van der Waals surface area contributed by atoms with Crippen LogP contribution in [-0.4, -0.2) is 52.1 Å². The van der Waals surface area contributed by atoms with Gasteiger partial charge in [0.25, 0.3) is 0 Å². The summed E-state index contributed by atoms with van der Waals surface area (Å²) in [6.07, 6.45) is 5.56. The first-order chi connectivity index (χ1) is 14.8. The third-order valence-electron chi connectivity index (χ3n) is 5.43. The molecule has 7 nitrogen and oxygen atoms in total. The molecule has 0 aliphatic heterocycles. The molecule has 0 radical (unpaired) electrons. The van der Waals surface area contributed by atoms with Crippen LogP contribution in [0.25, 0.3) is 22.3 Å². The molecule has 1 aliphatic carbocycles. The molecule has 0 aromatic carbocycles. The van der Waals surface area contributed by atoms with Crippen LogP contribution in [0.3, 0.4) is 0 Å². The molecule has 2 atom stereocenters. The Balaban J connectivity index is 1.58. The first-order valence-corrected chi connectivity index (χ1v) is 10.0. The van der Waals surface area contributed by atoms with Gasteiger partial charge in [-0.15, -0.1) is 0 Å². The normalized spacial score (nSPS) is 18.7. The Morgan fingerprint density at radius 3 is 2.71 bits per heavy atom. The molecule has 4 rings (SSSR count). The highest BCUT2D eigenvalue weighted by molar-refractivity contribution is 5.92. The molecule has 3 N–H and O–H groups in total. The van der Waals surface area contributed by atoms with Gasteiger partial charge in [-0.2, -0.15) is 0 Å². The van der Waals surface area contributed by atoms with Crippen molar-refractivity contribution in [1.29, 1.82) is 0 Å². The molecule has 3 heterocycles. The summed E-state index contributed by atoms with van der Waals surface area (Å²) in [5.41, 5.74) is 0.571. The van der Waals surface area contributed by atoms with Crippen molar-refractivity contribution < 1.29 is 18.0 Å². The molecular formula is C21H23F3N6O. The fourth-order valence-corrected chi connectivity index (χ4v) is 3.88. The van der Waals surface area contributed by atoms with Crippen LogP contribution in [0.4, 0.5) is 23.8 Å². The Morgan fingerprint density at radius 1 is 1.16 bits per heavy atom. The molecule has 2 amide bonds. The van der Waals surface area contributed by atoms with Crippen molar-refractivity contribution in [2.75, 3.05) is 19.4 Å². The highest BCUT2D eigenvalue weighted by Crippen LogP contribution is 2.31. The SMILES string of the molecule is CN(C)C(=O)N[C@@H]1CCCC(Nc2nc(-c3c[nH]c4ncc(F)cc34)c(F)cc2F)C1.